The lowest BCUT2D eigenvalue weighted by molar-refractivity contribution is -0.132. The molecule has 2 amide bonds. The number of amides is 2. The van der Waals surface area contributed by atoms with E-state index in [0.29, 0.717) is 39.3 Å². The first-order valence-electron chi connectivity index (χ1n) is 7.52. The van der Waals surface area contributed by atoms with Gasteiger partial charge in [-0.25, -0.2) is 0 Å². The Morgan fingerprint density at radius 2 is 1.86 bits per heavy atom. The largest absolute Gasteiger partial charge is 0.383 e. The number of carbonyl (C=O) groups is 2. The zero-order valence-corrected chi connectivity index (χ0v) is 13.4. The van der Waals surface area contributed by atoms with Gasteiger partial charge < -0.3 is 20.3 Å². The Labute approximate surface area is 127 Å². The SMILES string of the molecule is COCCNCC(=O)N1CCN(CC(=O)NC(C)C)CC1. The second-order valence-electron chi connectivity index (χ2n) is 5.55. The van der Waals surface area contributed by atoms with Crippen molar-refractivity contribution in [2.75, 3.05) is 59.5 Å². The van der Waals surface area contributed by atoms with E-state index in [1.54, 1.807) is 7.11 Å². The highest BCUT2D eigenvalue weighted by Crippen LogP contribution is 2.01. The van der Waals surface area contributed by atoms with Crippen LogP contribution in [0.3, 0.4) is 0 Å². The van der Waals surface area contributed by atoms with Gasteiger partial charge in [0.2, 0.25) is 11.8 Å². The van der Waals surface area contributed by atoms with Crippen molar-refractivity contribution in [2.45, 2.75) is 19.9 Å². The van der Waals surface area contributed by atoms with E-state index in [0.717, 1.165) is 13.1 Å². The third kappa shape index (κ3) is 7.40. The van der Waals surface area contributed by atoms with E-state index in [-0.39, 0.29) is 17.9 Å². The highest BCUT2D eigenvalue weighted by molar-refractivity contribution is 5.79. The summed E-state index contributed by atoms with van der Waals surface area (Å²) in [4.78, 5) is 27.6. The van der Waals surface area contributed by atoms with E-state index >= 15 is 0 Å². The zero-order valence-electron chi connectivity index (χ0n) is 13.4. The number of nitrogens with zero attached hydrogens (tertiary/aromatic N) is 2. The van der Waals surface area contributed by atoms with E-state index < -0.39 is 0 Å². The molecule has 1 rings (SSSR count). The molecular weight excluding hydrogens is 272 g/mol. The van der Waals surface area contributed by atoms with Crippen LogP contribution in [0.4, 0.5) is 0 Å². The maximum Gasteiger partial charge on any atom is 0.236 e. The molecule has 0 atom stereocenters. The van der Waals surface area contributed by atoms with Gasteiger partial charge in [-0.05, 0) is 13.8 Å². The van der Waals surface area contributed by atoms with Crippen molar-refractivity contribution in [3.8, 4) is 0 Å². The van der Waals surface area contributed by atoms with Gasteiger partial charge in [0.05, 0.1) is 19.7 Å². The number of hydrogen-bond donors (Lipinski definition) is 2. The molecule has 2 N–H and O–H groups in total. The molecule has 1 heterocycles. The van der Waals surface area contributed by atoms with Crippen LogP contribution in [0.1, 0.15) is 13.8 Å². The van der Waals surface area contributed by atoms with Gasteiger partial charge in [0.15, 0.2) is 0 Å². The average Bonchev–Trinajstić information content (AvgIpc) is 2.43. The minimum absolute atomic E-state index is 0.0472. The fourth-order valence-electron chi connectivity index (χ4n) is 2.21. The molecule has 0 aromatic heterocycles. The molecule has 1 aliphatic heterocycles. The van der Waals surface area contributed by atoms with Crippen molar-refractivity contribution in [1.29, 1.82) is 0 Å². The monoisotopic (exact) mass is 300 g/mol. The molecule has 0 aliphatic carbocycles. The van der Waals surface area contributed by atoms with E-state index in [4.69, 9.17) is 4.74 Å². The van der Waals surface area contributed by atoms with Crippen LogP contribution in [0.15, 0.2) is 0 Å². The van der Waals surface area contributed by atoms with Gasteiger partial charge in [-0.3, -0.25) is 14.5 Å². The summed E-state index contributed by atoms with van der Waals surface area (Å²) < 4.78 is 4.92. The second-order valence-corrected chi connectivity index (χ2v) is 5.55. The van der Waals surface area contributed by atoms with Crippen molar-refractivity contribution < 1.29 is 14.3 Å². The third-order valence-corrected chi connectivity index (χ3v) is 3.30. The molecule has 0 saturated carbocycles. The molecule has 1 fully saturated rings. The van der Waals surface area contributed by atoms with Crippen molar-refractivity contribution >= 4 is 11.8 Å². The number of hydrogen-bond acceptors (Lipinski definition) is 5. The summed E-state index contributed by atoms with van der Waals surface area (Å²) in [5, 5.41) is 5.94. The topological polar surface area (TPSA) is 73.9 Å². The number of nitrogens with one attached hydrogen (secondary N) is 2. The quantitative estimate of drug-likeness (QED) is 0.556. The van der Waals surface area contributed by atoms with Crippen LogP contribution in [-0.2, 0) is 14.3 Å². The van der Waals surface area contributed by atoms with Crippen LogP contribution in [0.25, 0.3) is 0 Å². The van der Waals surface area contributed by atoms with Crippen molar-refractivity contribution in [3.63, 3.8) is 0 Å². The predicted molar refractivity (Wildman–Crippen MR) is 81.0 cm³/mol. The number of piperazine rings is 1. The van der Waals surface area contributed by atoms with E-state index in [2.05, 4.69) is 15.5 Å². The Kier molecular flexibility index (Phi) is 8.26. The fraction of sp³-hybridized carbons (Fsp3) is 0.857. The minimum Gasteiger partial charge on any atom is -0.383 e. The van der Waals surface area contributed by atoms with E-state index in [1.165, 1.54) is 0 Å². The Morgan fingerprint density at radius 3 is 2.43 bits per heavy atom. The molecule has 0 radical (unpaired) electrons. The summed E-state index contributed by atoms with van der Waals surface area (Å²) >= 11 is 0. The molecule has 7 heteroatoms. The van der Waals surface area contributed by atoms with Crippen LogP contribution < -0.4 is 10.6 Å². The number of rotatable bonds is 8. The standard InChI is InChI=1S/C14H28N4O3/c1-12(2)16-13(19)11-17-5-7-18(8-6-17)14(20)10-15-4-9-21-3/h12,15H,4-11H2,1-3H3,(H,16,19). The van der Waals surface area contributed by atoms with E-state index in [9.17, 15) is 9.59 Å². The summed E-state index contributed by atoms with van der Waals surface area (Å²) in [5.74, 6) is 0.156. The number of carbonyl (C=O) groups excluding carboxylic acids is 2. The second kappa shape index (κ2) is 9.70. The Morgan fingerprint density at radius 1 is 1.19 bits per heavy atom. The van der Waals surface area contributed by atoms with Crippen LogP contribution in [-0.4, -0.2) is 87.2 Å². The lowest BCUT2D eigenvalue weighted by atomic mass is 10.3. The first-order chi connectivity index (χ1) is 10.0. The van der Waals surface area contributed by atoms with Gasteiger partial charge in [-0.1, -0.05) is 0 Å². The maximum absolute atomic E-state index is 12.0. The molecule has 1 saturated heterocycles. The first-order valence-corrected chi connectivity index (χ1v) is 7.52. The van der Waals surface area contributed by atoms with Crippen LogP contribution in [0.5, 0.6) is 0 Å². The number of ether oxygens (including phenoxy) is 1. The molecule has 21 heavy (non-hydrogen) atoms. The molecule has 0 unspecified atom stereocenters. The third-order valence-electron chi connectivity index (χ3n) is 3.30. The summed E-state index contributed by atoms with van der Waals surface area (Å²) in [6, 6.07) is 0.165. The van der Waals surface area contributed by atoms with Gasteiger partial charge in [0, 0.05) is 45.9 Å². The lowest BCUT2D eigenvalue weighted by Crippen LogP contribution is -2.53. The molecule has 0 bridgehead atoms. The summed E-state index contributed by atoms with van der Waals surface area (Å²) in [5.41, 5.74) is 0. The molecule has 1 aliphatic rings. The van der Waals surface area contributed by atoms with Gasteiger partial charge in [-0.2, -0.15) is 0 Å². The summed E-state index contributed by atoms with van der Waals surface area (Å²) in [6.07, 6.45) is 0. The molecule has 122 valence electrons. The van der Waals surface area contributed by atoms with Crippen LogP contribution in [0.2, 0.25) is 0 Å². The average molecular weight is 300 g/mol. The highest BCUT2D eigenvalue weighted by Gasteiger charge is 2.22. The van der Waals surface area contributed by atoms with E-state index in [1.807, 2.05) is 18.7 Å². The maximum atomic E-state index is 12.0. The van der Waals surface area contributed by atoms with Crippen LogP contribution >= 0.6 is 0 Å². The van der Waals surface area contributed by atoms with Crippen molar-refractivity contribution in [2.24, 2.45) is 0 Å². The predicted octanol–water partition coefficient (Wildman–Crippen LogP) is -1.11. The Hall–Kier alpha value is -1.18. The Balaban J connectivity index is 2.19. The fourth-order valence-corrected chi connectivity index (χ4v) is 2.21. The molecular formula is C14H28N4O3. The Bertz CT molecular complexity index is 328. The first kappa shape index (κ1) is 17.9. The molecule has 0 spiro atoms. The van der Waals surface area contributed by atoms with Crippen LogP contribution in [0, 0.1) is 0 Å². The molecule has 7 nitrogen and oxygen atoms in total. The summed E-state index contributed by atoms with van der Waals surface area (Å²) in [7, 11) is 1.64. The normalized spacial score (nSPS) is 16.3. The van der Waals surface area contributed by atoms with Gasteiger partial charge in [0.25, 0.3) is 0 Å². The van der Waals surface area contributed by atoms with Crippen molar-refractivity contribution in [3.05, 3.63) is 0 Å². The van der Waals surface area contributed by atoms with Gasteiger partial charge >= 0.3 is 0 Å². The smallest absolute Gasteiger partial charge is 0.236 e. The highest BCUT2D eigenvalue weighted by atomic mass is 16.5. The molecule has 0 aromatic rings. The zero-order chi connectivity index (χ0) is 15.7. The number of methoxy groups -OCH3 is 1. The molecule has 0 aromatic carbocycles. The van der Waals surface area contributed by atoms with Gasteiger partial charge in [-0.15, -0.1) is 0 Å². The van der Waals surface area contributed by atoms with Crippen molar-refractivity contribution in [1.82, 2.24) is 20.4 Å². The van der Waals surface area contributed by atoms with Gasteiger partial charge in [0.1, 0.15) is 0 Å². The lowest BCUT2D eigenvalue weighted by Gasteiger charge is -2.34. The summed E-state index contributed by atoms with van der Waals surface area (Å²) in [6.45, 7) is 8.79. The minimum atomic E-state index is 0.0472.